The molecule has 0 spiro atoms. The van der Waals surface area contributed by atoms with Crippen molar-refractivity contribution in [2.75, 3.05) is 19.3 Å². The van der Waals surface area contributed by atoms with Gasteiger partial charge in [0, 0.05) is 43.1 Å². The quantitative estimate of drug-likeness (QED) is 0.903. The summed E-state index contributed by atoms with van der Waals surface area (Å²) >= 11 is 0. The maximum atomic E-state index is 13.5. The van der Waals surface area contributed by atoms with E-state index in [1.807, 2.05) is 18.0 Å². The van der Waals surface area contributed by atoms with Crippen LogP contribution in [-0.2, 0) is 13.1 Å². The van der Waals surface area contributed by atoms with Crippen LogP contribution in [0.1, 0.15) is 5.56 Å². The highest BCUT2D eigenvalue weighted by atomic mass is 19.1. The molecule has 2 rings (SSSR count). The Hall–Kier alpha value is -2.14. The third-order valence-corrected chi connectivity index (χ3v) is 3.13. The van der Waals surface area contributed by atoms with Crippen LogP contribution in [0.2, 0.25) is 0 Å². The van der Waals surface area contributed by atoms with E-state index in [0.717, 1.165) is 0 Å². The van der Waals surface area contributed by atoms with Crippen molar-refractivity contribution in [2.24, 2.45) is 0 Å². The van der Waals surface area contributed by atoms with E-state index in [-0.39, 0.29) is 11.4 Å². The Morgan fingerprint density at radius 1 is 1.25 bits per heavy atom. The number of hydrogen-bond acceptors (Lipinski definition) is 3. The summed E-state index contributed by atoms with van der Waals surface area (Å²) in [5, 5.41) is 0. The Labute approximate surface area is 117 Å². The molecule has 4 nitrogen and oxygen atoms in total. The molecule has 106 valence electrons. The van der Waals surface area contributed by atoms with Crippen molar-refractivity contribution in [2.45, 2.75) is 13.1 Å². The fourth-order valence-electron chi connectivity index (χ4n) is 2.00. The average molecular weight is 275 g/mol. The van der Waals surface area contributed by atoms with Gasteiger partial charge in [-0.15, -0.1) is 0 Å². The second-order valence-corrected chi connectivity index (χ2v) is 4.82. The molecule has 1 heterocycles. The SMILES string of the molecule is CN(CCn1cc(N)ccc1=O)Cc1ccccc1F. The van der Waals surface area contributed by atoms with Gasteiger partial charge in [-0.05, 0) is 19.2 Å². The molecule has 0 saturated carbocycles. The maximum absolute atomic E-state index is 13.5. The largest absolute Gasteiger partial charge is 0.398 e. The Kier molecular flexibility index (Phi) is 4.53. The van der Waals surface area contributed by atoms with Crippen LogP contribution < -0.4 is 11.3 Å². The van der Waals surface area contributed by atoms with E-state index in [9.17, 15) is 9.18 Å². The highest BCUT2D eigenvalue weighted by molar-refractivity contribution is 5.33. The zero-order valence-corrected chi connectivity index (χ0v) is 11.4. The van der Waals surface area contributed by atoms with Gasteiger partial charge >= 0.3 is 0 Å². The highest BCUT2D eigenvalue weighted by Crippen LogP contribution is 2.08. The smallest absolute Gasteiger partial charge is 0.250 e. The Morgan fingerprint density at radius 3 is 2.75 bits per heavy atom. The monoisotopic (exact) mass is 275 g/mol. The standard InChI is InChI=1S/C15H18FN3O/c1-18(10-12-4-2-3-5-14(12)16)8-9-19-11-13(17)6-7-15(19)20/h2-7,11H,8-10,17H2,1H3. The lowest BCUT2D eigenvalue weighted by Gasteiger charge is -2.17. The lowest BCUT2D eigenvalue weighted by Crippen LogP contribution is -2.28. The normalized spacial score (nSPS) is 10.9. The first-order chi connectivity index (χ1) is 9.56. The van der Waals surface area contributed by atoms with Crippen molar-refractivity contribution in [3.05, 3.63) is 64.3 Å². The first-order valence-electron chi connectivity index (χ1n) is 6.44. The molecule has 0 bridgehead atoms. The zero-order valence-electron chi connectivity index (χ0n) is 11.4. The molecule has 0 atom stereocenters. The van der Waals surface area contributed by atoms with Crippen LogP contribution in [-0.4, -0.2) is 23.1 Å². The van der Waals surface area contributed by atoms with Crippen LogP contribution >= 0.6 is 0 Å². The predicted molar refractivity (Wildman–Crippen MR) is 77.8 cm³/mol. The van der Waals surface area contributed by atoms with Crippen molar-refractivity contribution < 1.29 is 4.39 Å². The second kappa shape index (κ2) is 6.34. The summed E-state index contributed by atoms with van der Waals surface area (Å²) < 4.78 is 15.1. The fourth-order valence-corrected chi connectivity index (χ4v) is 2.00. The van der Waals surface area contributed by atoms with Gasteiger partial charge < -0.3 is 15.2 Å². The topological polar surface area (TPSA) is 51.3 Å². The van der Waals surface area contributed by atoms with Gasteiger partial charge in [0.2, 0.25) is 0 Å². The van der Waals surface area contributed by atoms with Crippen LogP contribution in [0.3, 0.4) is 0 Å². The number of nitrogen functional groups attached to an aromatic ring is 1. The minimum atomic E-state index is -0.208. The first kappa shape index (κ1) is 14.3. The third kappa shape index (κ3) is 3.68. The second-order valence-electron chi connectivity index (χ2n) is 4.82. The summed E-state index contributed by atoms with van der Waals surface area (Å²) in [6, 6.07) is 9.73. The molecular formula is C15H18FN3O. The highest BCUT2D eigenvalue weighted by Gasteiger charge is 2.05. The number of benzene rings is 1. The maximum Gasteiger partial charge on any atom is 0.250 e. The van der Waals surface area contributed by atoms with Gasteiger partial charge in [-0.2, -0.15) is 0 Å². The number of rotatable bonds is 5. The Bertz CT molecular complexity index is 639. The third-order valence-electron chi connectivity index (χ3n) is 3.13. The molecule has 2 N–H and O–H groups in total. The number of halogens is 1. The summed E-state index contributed by atoms with van der Waals surface area (Å²) in [5.74, 6) is -0.208. The summed E-state index contributed by atoms with van der Waals surface area (Å²) in [7, 11) is 1.89. The molecular weight excluding hydrogens is 257 g/mol. The molecule has 1 aromatic heterocycles. The molecule has 5 heteroatoms. The van der Waals surface area contributed by atoms with Crippen molar-refractivity contribution in [3.63, 3.8) is 0 Å². The van der Waals surface area contributed by atoms with E-state index < -0.39 is 0 Å². The van der Waals surface area contributed by atoms with Crippen LogP contribution in [0.15, 0.2) is 47.4 Å². The number of hydrogen-bond donors (Lipinski definition) is 1. The van der Waals surface area contributed by atoms with Gasteiger partial charge in [-0.3, -0.25) is 4.79 Å². The van der Waals surface area contributed by atoms with Gasteiger partial charge in [-0.1, -0.05) is 18.2 Å². The van der Waals surface area contributed by atoms with Gasteiger partial charge in [0.1, 0.15) is 5.82 Å². The number of anilines is 1. The van der Waals surface area contributed by atoms with E-state index in [0.29, 0.717) is 30.9 Å². The van der Waals surface area contributed by atoms with Crippen LogP contribution in [0.5, 0.6) is 0 Å². The molecule has 0 aliphatic carbocycles. The molecule has 0 aliphatic heterocycles. The summed E-state index contributed by atoms with van der Waals surface area (Å²) in [5.41, 5.74) is 6.77. The van der Waals surface area contributed by atoms with E-state index >= 15 is 0 Å². The molecule has 1 aromatic carbocycles. The zero-order chi connectivity index (χ0) is 14.5. The van der Waals surface area contributed by atoms with Crippen molar-refractivity contribution in [1.82, 2.24) is 9.47 Å². The number of pyridine rings is 1. The van der Waals surface area contributed by atoms with E-state index in [4.69, 9.17) is 5.73 Å². The first-order valence-corrected chi connectivity index (χ1v) is 6.44. The molecule has 0 fully saturated rings. The lowest BCUT2D eigenvalue weighted by molar-refractivity contribution is 0.305. The lowest BCUT2D eigenvalue weighted by atomic mass is 10.2. The van der Waals surface area contributed by atoms with Crippen molar-refractivity contribution in [1.29, 1.82) is 0 Å². The minimum Gasteiger partial charge on any atom is -0.398 e. The number of nitrogens with two attached hydrogens (primary N) is 1. The fraction of sp³-hybridized carbons (Fsp3) is 0.267. The van der Waals surface area contributed by atoms with Crippen LogP contribution in [0, 0.1) is 5.82 Å². The summed E-state index contributed by atoms with van der Waals surface area (Å²) in [6.45, 7) is 1.66. The Balaban J connectivity index is 1.96. The van der Waals surface area contributed by atoms with Crippen molar-refractivity contribution in [3.8, 4) is 0 Å². The van der Waals surface area contributed by atoms with E-state index in [2.05, 4.69) is 0 Å². The number of aromatic nitrogens is 1. The van der Waals surface area contributed by atoms with E-state index in [1.54, 1.807) is 29.0 Å². The molecule has 0 amide bonds. The number of nitrogens with zero attached hydrogens (tertiary/aromatic N) is 2. The summed E-state index contributed by atoms with van der Waals surface area (Å²) in [6.07, 6.45) is 1.62. The van der Waals surface area contributed by atoms with Gasteiger partial charge in [-0.25, -0.2) is 4.39 Å². The van der Waals surface area contributed by atoms with Crippen molar-refractivity contribution >= 4 is 5.69 Å². The van der Waals surface area contributed by atoms with Gasteiger partial charge in [0.25, 0.3) is 5.56 Å². The molecule has 20 heavy (non-hydrogen) atoms. The summed E-state index contributed by atoms with van der Waals surface area (Å²) in [4.78, 5) is 13.6. The molecule has 0 saturated heterocycles. The minimum absolute atomic E-state index is 0.0847. The van der Waals surface area contributed by atoms with Crippen LogP contribution in [0.25, 0.3) is 0 Å². The van der Waals surface area contributed by atoms with E-state index in [1.165, 1.54) is 12.1 Å². The van der Waals surface area contributed by atoms with Crippen LogP contribution in [0.4, 0.5) is 10.1 Å². The van der Waals surface area contributed by atoms with Gasteiger partial charge in [0.15, 0.2) is 0 Å². The number of likely N-dealkylation sites (N-methyl/N-ethyl adjacent to an activating group) is 1. The average Bonchev–Trinajstić information content (AvgIpc) is 2.42. The van der Waals surface area contributed by atoms with Gasteiger partial charge in [0.05, 0.1) is 0 Å². The predicted octanol–water partition coefficient (Wildman–Crippen LogP) is 1.70. The Morgan fingerprint density at radius 2 is 2.00 bits per heavy atom. The molecule has 0 unspecified atom stereocenters. The molecule has 2 aromatic rings. The molecule has 0 aliphatic rings. The molecule has 0 radical (unpaired) electrons.